The molecule has 27 heavy (non-hydrogen) atoms. The molecule has 1 fully saturated rings. The van der Waals surface area contributed by atoms with Gasteiger partial charge in [0.05, 0.1) is 12.2 Å². The minimum Gasteiger partial charge on any atom is -0.341 e. The van der Waals surface area contributed by atoms with Crippen molar-refractivity contribution in [1.82, 2.24) is 24.6 Å². The molecule has 3 aromatic rings. The number of H-pyrrole nitrogens is 1. The van der Waals surface area contributed by atoms with Gasteiger partial charge < -0.3 is 9.88 Å². The predicted molar refractivity (Wildman–Crippen MR) is 97.9 cm³/mol. The van der Waals surface area contributed by atoms with Crippen LogP contribution in [0.25, 0.3) is 11.0 Å². The Balaban J connectivity index is 1.71. The summed E-state index contributed by atoms with van der Waals surface area (Å²) in [6.07, 6.45) is 3.42. The van der Waals surface area contributed by atoms with Gasteiger partial charge in [0.25, 0.3) is 5.56 Å². The monoisotopic (exact) mass is 369 g/mol. The maximum atomic E-state index is 13.9. The lowest BCUT2D eigenvalue weighted by Gasteiger charge is -2.32. The molecule has 0 saturated carbocycles. The summed E-state index contributed by atoms with van der Waals surface area (Å²) in [6.45, 7) is 2.83. The molecule has 2 aromatic heterocycles. The highest BCUT2D eigenvalue weighted by Crippen LogP contribution is 2.24. The number of amides is 1. The maximum absolute atomic E-state index is 13.9. The molecule has 1 aliphatic rings. The predicted octanol–water partition coefficient (Wildman–Crippen LogP) is 2.03. The number of rotatable bonds is 3. The molecule has 0 spiro atoms. The highest BCUT2D eigenvalue weighted by molar-refractivity contribution is 5.74. The third-order valence-electron chi connectivity index (χ3n) is 5.02. The molecule has 1 N–H and O–H groups in total. The van der Waals surface area contributed by atoms with Crippen molar-refractivity contribution < 1.29 is 9.18 Å². The Kier molecular flexibility index (Phi) is 4.47. The first kappa shape index (κ1) is 17.4. The molecule has 3 heterocycles. The smallest absolute Gasteiger partial charge is 0.262 e. The lowest BCUT2D eigenvalue weighted by molar-refractivity contribution is -0.130. The van der Waals surface area contributed by atoms with E-state index < -0.39 is 0 Å². The van der Waals surface area contributed by atoms with Gasteiger partial charge in [-0.1, -0.05) is 18.2 Å². The topological polar surface area (TPSA) is 83.9 Å². The fourth-order valence-electron chi connectivity index (χ4n) is 3.60. The van der Waals surface area contributed by atoms with Gasteiger partial charge in [-0.3, -0.25) is 9.59 Å². The van der Waals surface area contributed by atoms with Crippen molar-refractivity contribution in [1.29, 1.82) is 0 Å². The molecule has 140 valence electrons. The zero-order valence-electron chi connectivity index (χ0n) is 15.0. The van der Waals surface area contributed by atoms with Gasteiger partial charge in [0.2, 0.25) is 5.91 Å². The molecule has 4 rings (SSSR count). The quantitative estimate of drug-likeness (QED) is 0.766. The number of nitrogens with one attached hydrogen (secondary N) is 1. The minimum atomic E-state index is -0.335. The standard InChI is InChI=1S/C19H20FN5O2/c1-12(26)24-8-4-6-14(11-24)25-18-15(10-21-25)19(27)23-17(22-18)9-13-5-2-3-7-16(13)20/h2-3,5,7,10,14H,4,6,8-9,11H2,1H3,(H,22,23,27). The van der Waals surface area contributed by atoms with Crippen LogP contribution < -0.4 is 5.56 Å². The second kappa shape index (κ2) is 6.94. The SMILES string of the molecule is CC(=O)N1CCCC(n2ncc3c(=O)[nH]c(Cc4ccccc4F)nc32)C1. The maximum Gasteiger partial charge on any atom is 0.262 e. The van der Waals surface area contributed by atoms with E-state index >= 15 is 0 Å². The van der Waals surface area contributed by atoms with Crippen LogP contribution in [0, 0.1) is 5.82 Å². The van der Waals surface area contributed by atoms with Crippen molar-refractivity contribution in [2.24, 2.45) is 0 Å². The Labute approximate surface area is 154 Å². The molecular formula is C19H20FN5O2. The van der Waals surface area contributed by atoms with Crippen LogP contribution in [0.1, 0.15) is 37.2 Å². The second-order valence-corrected chi connectivity index (χ2v) is 6.87. The molecule has 1 amide bonds. The average Bonchev–Trinajstić information content (AvgIpc) is 3.08. The molecule has 0 bridgehead atoms. The third-order valence-corrected chi connectivity index (χ3v) is 5.02. The van der Waals surface area contributed by atoms with Gasteiger partial charge in [-0.15, -0.1) is 0 Å². The van der Waals surface area contributed by atoms with Crippen LogP contribution in [0.15, 0.2) is 35.3 Å². The Morgan fingerprint density at radius 3 is 2.96 bits per heavy atom. The number of piperidine rings is 1. The molecule has 7 nitrogen and oxygen atoms in total. The summed E-state index contributed by atoms with van der Waals surface area (Å²) in [6, 6.07) is 6.39. The molecule has 1 aliphatic heterocycles. The zero-order valence-corrected chi connectivity index (χ0v) is 15.0. The van der Waals surface area contributed by atoms with Gasteiger partial charge in [-0.25, -0.2) is 14.1 Å². The number of aromatic amines is 1. The fourth-order valence-corrected chi connectivity index (χ4v) is 3.60. The Morgan fingerprint density at radius 2 is 2.19 bits per heavy atom. The number of nitrogens with zero attached hydrogens (tertiary/aromatic N) is 4. The molecular weight excluding hydrogens is 349 g/mol. The zero-order chi connectivity index (χ0) is 19.0. The number of aromatic nitrogens is 4. The first-order valence-electron chi connectivity index (χ1n) is 8.98. The highest BCUT2D eigenvalue weighted by atomic mass is 19.1. The lowest BCUT2D eigenvalue weighted by Crippen LogP contribution is -2.39. The molecule has 1 unspecified atom stereocenters. The van der Waals surface area contributed by atoms with Crippen LogP contribution in [0.4, 0.5) is 4.39 Å². The van der Waals surface area contributed by atoms with E-state index in [1.54, 1.807) is 34.7 Å². The van der Waals surface area contributed by atoms with Crippen LogP contribution in [-0.2, 0) is 11.2 Å². The van der Waals surface area contributed by atoms with Crippen LogP contribution in [0.5, 0.6) is 0 Å². The molecule has 1 atom stereocenters. The van der Waals surface area contributed by atoms with Gasteiger partial charge >= 0.3 is 0 Å². The minimum absolute atomic E-state index is 0.0298. The summed E-state index contributed by atoms with van der Waals surface area (Å²) in [7, 11) is 0. The molecule has 0 radical (unpaired) electrons. The summed E-state index contributed by atoms with van der Waals surface area (Å²) in [5.74, 6) is 0.0823. The summed E-state index contributed by atoms with van der Waals surface area (Å²) in [5.41, 5.74) is 0.642. The van der Waals surface area contributed by atoms with Gasteiger partial charge in [0, 0.05) is 26.4 Å². The van der Waals surface area contributed by atoms with Gasteiger partial charge in [0.1, 0.15) is 17.0 Å². The number of hydrogen-bond acceptors (Lipinski definition) is 4. The van der Waals surface area contributed by atoms with E-state index in [-0.39, 0.29) is 29.7 Å². The molecule has 1 aromatic carbocycles. The second-order valence-electron chi connectivity index (χ2n) is 6.87. The van der Waals surface area contributed by atoms with Crippen molar-refractivity contribution in [3.8, 4) is 0 Å². The van der Waals surface area contributed by atoms with E-state index in [1.165, 1.54) is 12.3 Å². The van der Waals surface area contributed by atoms with E-state index in [0.717, 1.165) is 19.4 Å². The average molecular weight is 369 g/mol. The largest absolute Gasteiger partial charge is 0.341 e. The van der Waals surface area contributed by atoms with Crippen molar-refractivity contribution in [2.75, 3.05) is 13.1 Å². The number of carbonyl (C=O) groups is 1. The van der Waals surface area contributed by atoms with Crippen LogP contribution in [0.2, 0.25) is 0 Å². The molecule has 8 heteroatoms. The van der Waals surface area contributed by atoms with E-state index in [2.05, 4.69) is 15.1 Å². The van der Waals surface area contributed by atoms with E-state index in [0.29, 0.717) is 29.0 Å². The number of carbonyl (C=O) groups excluding carboxylic acids is 1. The summed E-state index contributed by atoms with van der Waals surface area (Å²) >= 11 is 0. The highest BCUT2D eigenvalue weighted by Gasteiger charge is 2.25. The number of benzene rings is 1. The summed E-state index contributed by atoms with van der Waals surface area (Å²) in [4.78, 5) is 33.2. The number of fused-ring (bicyclic) bond motifs is 1. The lowest BCUT2D eigenvalue weighted by atomic mass is 10.1. The number of hydrogen-bond donors (Lipinski definition) is 1. The van der Waals surface area contributed by atoms with E-state index in [4.69, 9.17) is 0 Å². The van der Waals surface area contributed by atoms with Crippen molar-refractivity contribution in [3.63, 3.8) is 0 Å². The van der Waals surface area contributed by atoms with Crippen molar-refractivity contribution in [3.05, 3.63) is 58.0 Å². The molecule has 1 saturated heterocycles. The normalized spacial score (nSPS) is 17.4. The summed E-state index contributed by atoms with van der Waals surface area (Å²) < 4.78 is 15.7. The fraction of sp³-hybridized carbons (Fsp3) is 0.368. The van der Waals surface area contributed by atoms with Crippen LogP contribution >= 0.6 is 0 Å². The third kappa shape index (κ3) is 3.34. The van der Waals surface area contributed by atoms with Crippen LogP contribution in [0.3, 0.4) is 0 Å². The first-order chi connectivity index (χ1) is 13.0. The van der Waals surface area contributed by atoms with Crippen LogP contribution in [-0.4, -0.2) is 43.6 Å². The van der Waals surface area contributed by atoms with Gasteiger partial charge in [-0.05, 0) is 24.5 Å². The van der Waals surface area contributed by atoms with E-state index in [1.807, 2.05) is 0 Å². The van der Waals surface area contributed by atoms with Crippen molar-refractivity contribution >= 4 is 16.9 Å². The Hall–Kier alpha value is -3.03. The Morgan fingerprint density at radius 1 is 1.37 bits per heavy atom. The molecule has 0 aliphatic carbocycles. The number of halogens is 1. The Bertz CT molecular complexity index is 1060. The van der Waals surface area contributed by atoms with Crippen molar-refractivity contribution in [2.45, 2.75) is 32.2 Å². The van der Waals surface area contributed by atoms with Gasteiger partial charge in [0.15, 0.2) is 5.65 Å². The summed E-state index contributed by atoms with van der Waals surface area (Å²) in [5, 5.41) is 4.76. The first-order valence-corrected chi connectivity index (χ1v) is 8.98. The van der Waals surface area contributed by atoms with E-state index in [9.17, 15) is 14.0 Å². The van der Waals surface area contributed by atoms with Gasteiger partial charge in [-0.2, -0.15) is 5.10 Å². The number of likely N-dealkylation sites (tertiary alicyclic amines) is 1.